The summed E-state index contributed by atoms with van der Waals surface area (Å²) < 4.78 is 5.45. The van der Waals surface area contributed by atoms with Gasteiger partial charge >= 0.3 is 0 Å². The Kier molecular flexibility index (Phi) is 7.91. The van der Waals surface area contributed by atoms with Crippen LogP contribution in [0.1, 0.15) is 18.1 Å². The molecule has 1 heteroatoms. The minimum atomic E-state index is 0.424. The van der Waals surface area contributed by atoms with Crippen LogP contribution >= 0.6 is 0 Å². The van der Waals surface area contributed by atoms with Crippen LogP contribution in [0.25, 0.3) is 5.57 Å². The van der Waals surface area contributed by atoms with Crippen molar-refractivity contribution in [2.75, 3.05) is 13.2 Å². The fourth-order valence-electron chi connectivity index (χ4n) is 2.16. The van der Waals surface area contributed by atoms with Gasteiger partial charge in [0.15, 0.2) is 0 Å². The standard InChI is InChI=1S/C23H22O/c1-2-3-4-12-19-24-20-13-11-18-23(21-14-7-5-8-15-21)22-16-9-6-10-17-22/h2-10,12,14-18H,19-20H2,1H3/b3-2+,12-4+. The average Bonchev–Trinajstić information content (AvgIpc) is 2.65. The second kappa shape index (κ2) is 10.8. The van der Waals surface area contributed by atoms with Crippen molar-refractivity contribution in [1.29, 1.82) is 0 Å². The number of allylic oxidation sites excluding steroid dienone is 4. The van der Waals surface area contributed by atoms with Gasteiger partial charge in [0.25, 0.3) is 0 Å². The molecule has 0 saturated carbocycles. The van der Waals surface area contributed by atoms with Crippen molar-refractivity contribution in [1.82, 2.24) is 0 Å². The summed E-state index contributed by atoms with van der Waals surface area (Å²) in [5.74, 6) is 6.16. The van der Waals surface area contributed by atoms with Gasteiger partial charge in [0.2, 0.25) is 0 Å². The van der Waals surface area contributed by atoms with E-state index in [-0.39, 0.29) is 0 Å². The third kappa shape index (κ3) is 6.12. The fourth-order valence-corrected chi connectivity index (χ4v) is 2.16. The Morgan fingerprint density at radius 3 is 2.12 bits per heavy atom. The highest BCUT2D eigenvalue weighted by Crippen LogP contribution is 2.22. The lowest BCUT2D eigenvalue weighted by molar-refractivity contribution is 0.199. The first kappa shape index (κ1) is 17.5. The Morgan fingerprint density at radius 1 is 0.917 bits per heavy atom. The summed E-state index contributed by atoms with van der Waals surface area (Å²) in [4.78, 5) is 0. The Hall–Kier alpha value is -2.82. The maximum Gasteiger partial charge on any atom is 0.108 e. The fraction of sp³-hybridized carbons (Fsp3) is 0.130. The van der Waals surface area contributed by atoms with Gasteiger partial charge in [-0.15, -0.1) is 0 Å². The predicted molar refractivity (Wildman–Crippen MR) is 103 cm³/mol. The van der Waals surface area contributed by atoms with E-state index in [0.29, 0.717) is 13.2 Å². The molecule has 1 nitrogen and oxygen atoms in total. The second-order valence-electron chi connectivity index (χ2n) is 5.08. The second-order valence-corrected chi connectivity index (χ2v) is 5.08. The van der Waals surface area contributed by atoms with E-state index in [4.69, 9.17) is 4.74 Å². The topological polar surface area (TPSA) is 9.23 Å². The van der Waals surface area contributed by atoms with Crippen molar-refractivity contribution < 1.29 is 4.74 Å². The predicted octanol–water partition coefficient (Wildman–Crippen LogP) is 5.27. The summed E-state index contributed by atoms with van der Waals surface area (Å²) in [5.41, 5.74) is 3.44. The zero-order valence-electron chi connectivity index (χ0n) is 14.0. The molecule has 0 aliphatic rings. The van der Waals surface area contributed by atoms with Crippen LogP contribution < -0.4 is 0 Å². The SMILES string of the molecule is C/C=C/C=C/COCC#CC=C(c1ccccc1)c1ccccc1. The highest BCUT2D eigenvalue weighted by atomic mass is 16.5. The molecule has 0 N–H and O–H groups in total. The normalized spacial score (nSPS) is 10.5. The first-order chi connectivity index (χ1) is 11.9. The third-order valence-electron chi connectivity index (χ3n) is 3.32. The van der Waals surface area contributed by atoms with E-state index in [1.807, 2.05) is 73.7 Å². The molecule has 2 aromatic carbocycles. The van der Waals surface area contributed by atoms with E-state index in [2.05, 4.69) is 36.1 Å². The Labute approximate surface area is 145 Å². The monoisotopic (exact) mass is 314 g/mol. The first-order valence-electron chi connectivity index (χ1n) is 8.07. The van der Waals surface area contributed by atoms with E-state index < -0.39 is 0 Å². The number of rotatable bonds is 6. The van der Waals surface area contributed by atoms with E-state index in [1.54, 1.807) is 0 Å². The summed E-state index contributed by atoms with van der Waals surface area (Å²) in [7, 11) is 0. The van der Waals surface area contributed by atoms with E-state index in [9.17, 15) is 0 Å². The van der Waals surface area contributed by atoms with Gasteiger partial charge in [-0.1, -0.05) is 96.8 Å². The maximum absolute atomic E-state index is 5.45. The molecule has 0 saturated heterocycles. The molecule has 2 aromatic rings. The lowest BCUT2D eigenvalue weighted by Crippen LogP contribution is -1.90. The van der Waals surface area contributed by atoms with Crippen molar-refractivity contribution in [3.05, 3.63) is 102 Å². The zero-order valence-corrected chi connectivity index (χ0v) is 14.0. The molecule has 0 atom stereocenters. The molecule has 0 radical (unpaired) electrons. The molecule has 0 amide bonds. The zero-order chi connectivity index (χ0) is 16.9. The largest absolute Gasteiger partial charge is 0.365 e. The molecule has 0 bridgehead atoms. The Balaban J connectivity index is 2.04. The highest BCUT2D eigenvalue weighted by molar-refractivity contribution is 5.81. The number of hydrogen-bond donors (Lipinski definition) is 0. The number of ether oxygens (including phenoxy) is 1. The summed E-state index contributed by atoms with van der Waals surface area (Å²) in [6.45, 7) is 2.99. The molecule has 0 aromatic heterocycles. The van der Waals surface area contributed by atoms with Crippen LogP contribution in [0.5, 0.6) is 0 Å². The quantitative estimate of drug-likeness (QED) is 0.401. The molecular weight excluding hydrogens is 292 g/mol. The van der Waals surface area contributed by atoms with Crippen molar-refractivity contribution in [2.45, 2.75) is 6.92 Å². The molecular formula is C23H22O. The number of hydrogen-bond acceptors (Lipinski definition) is 1. The molecule has 2 rings (SSSR count). The molecule has 0 aliphatic carbocycles. The average molecular weight is 314 g/mol. The lowest BCUT2D eigenvalue weighted by atomic mass is 9.98. The van der Waals surface area contributed by atoms with E-state index in [1.165, 1.54) is 0 Å². The third-order valence-corrected chi connectivity index (χ3v) is 3.32. The van der Waals surface area contributed by atoms with Crippen molar-refractivity contribution in [3.63, 3.8) is 0 Å². The van der Waals surface area contributed by atoms with Gasteiger partial charge in [-0.25, -0.2) is 0 Å². The highest BCUT2D eigenvalue weighted by Gasteiger charge is 2.02. The summed E-state index contributed by atoms with van der Waals surface area (Å²) in [6.07, 6.45) is 9.86. The molecule has 0 unspecified atom stereocenters. The van der Waals surface area contributed by atoms with Crippen molar-refractivity contribution >= 4 is 5.57 Å². The molecule has 0 aliphatic heterocycles. The Bertz CT molecular complexity index is 699. The lowest BCUT2D eigenvalue weighted by Gasteiger charge is -2.06. The van der Waals surface area contributed by atoms with Gasteiger partial charge in [0.1, 0.15) is 6.61 Å². The first-order valence-corrected chi connectivity index (χ1v) is 8.07. The van der Waals surface area contributed by atoms with Crippen molar-refractivity contribution in [3.8, 4) is 11.8 Å². The van der Waals surface area contributed by atoms with Gasteiger partial charge in [-0.3, -0.25) is 0 Å². The van der Waals surface area contributed by atoms with E-state index >= 15 is 0 Å². The van der Waals surface area contributed by atoms with Gasteiger partial charge in [-0.05, 0) is 29.7 Å². The van der Waals surface area contributed by atoms with Crippen LogP contribution in [0.3, 0.4) is 0 Å². The number of benzene rings is 2. The summed E-state index contributed by atoms with van der Waals surface area (Å²) >= 11 is 0. The van der Waals surface area contributed by atoms with Gasteiger partial charge in [-0.2, -0.15) is 0 Å². The van der Waals surface area contributed by atoms with Crippen LogP contribution in [-0.4, -0.2) is 13.2 Å². The molecule has 120 valence electrons. The molecule has 0 spiro atoms. The Morgan fingerprint density at radius 2 is 1.54 bits per heavy atom. The van der Waals surface area contributed by atoms with Crippen LogP contribution in [0.2, 0.25) is 0 Å². The molecule has 24 heavy (non-hydrogen) atoms. The summed E-state index contributed by atoms with van der Waals surface area (Å²) in [6, 6.07) is 20.6. The van der Waals surface area contributed by atoms with Crippen LogP contribution in [0, 0.1) is 11.8 Å². The van der Waals surface area contributed by atoms with Gasteiger partial charge in [0, 0.05) is 0 Å². The molecule has 0 heterocycles. The van der Waals surface area contributed by atoms with Crippen molar-refractivity contribution in [2.24, 2.45) is 0 Å². The van der Waals surface area contributed by atoms with Gasteiger partial charge in [0.05, 0.1) is 6.61 Å². The smallest absolute Gasteiger partial charge is 0.108 e. The van der Waals surface area contributed by atoms with Gasteiger partial charge < -0.3 is 4.74 Å². The maximum atomic E-state index is 5.45. The minimum Gasteiger partial charge on any atom is -0.365 e. The summed E-state index contributed by atoms with van der Waals surface area (Å²) in [5, 5.41) is 0. The van der Waals surface area contributed by atoms with Crippen LogP contribution in [0.15, 0.2) is 91.0 Å². The van der Waals surface area contributed by atoms with Crippen LogP contribution in [-0.2, 0) is 4.74 Å². The minimum absolute atomic E-state index is 0.424. The van der Waals surface area contributed by atoms with Crippen LogP contribution in [0.4, 0.5) is 0 Å². The van der Waals surface area contributed by atoms with E-state index in [0.717, 1.165) is 16.7 Å². The molecule has 0 fully saturated rings.